The van der Waals surface area contributed by atoms with Crippen molar-refractivity contribution in [2.75, 3.05) is 18.4 Å². The summed E-state index contributed by atoms with van der Waals surface area (Å²) >= 11 is 5.04. The third kappa shape index (κ3) is 3.74. The Kier molecular flexibility index (Phi) is 5.03. The largest absolute Gasteiger partial charge is 0.392 e. The number of rotatable bonds is 4. The molecule has 1 amide bonds. The van der Waals surface area contributed by atoms with Gasteiger partial charge in [-0.25, -0.2) is 4.39 Å². The van der Waals surface area contributed by atoms with Gasteiger partial charge in [0, 0.05) is 0 Å². The summed E-state index contributed by atoms with van der Waals surface area (Å²) in [4.78, 5) is 14.4. The molecule has 2 rings (SSSR count). The van der Waals surface area contributed by atoms with Crippen LogP contribution in [0.5, 0.6) is 0 Å². The van der Waals surface area contributed by atoms with Gasteiger partial charge in [-0.05, 0) is 31.5 Å². The Labute approximate surface area is 123 Å². The smallest absolute Gasteiger partial charge is 0.238 e. The molecule has 1 atom stereocenters. The van der Waals surface area contributed by atoms with Crippen molar-refractivity contribution in [1.82, 2.24) is 4.90 Å². The Morgan fingerprint density at radius 3 is 2.90 bits per heavy atom. The van der Waals surface area contributed by atoms with Crippen molar-refractivity contribution in [3.8, 4) is 0 Å². The fourth-order valence-electron chi connectivity index (χ4n) is 2.44. The Balaban J connectivity index is 1.96. The molecule has 1 fully saturated rings. The number of hydrogen-bond donors (Lipinski definition) is 2. The molecule has 1 aromatic rings. The third-order valence-corrected chi connectivity index (χ3v) is 3.71. The van der Waals surface area contributed by atoms with Crippen molar-refractivity contribution in [2.45, 2.75) is 25.3 Å². The Hall–Kier alpha value is -1.53. The number of hydrogen-bond acceptors (Lipinski definition) is 3. The molecule has 3 N–H and O–H groups in total. The number of nitrogens with zero attached hydrogens (tertiary/aromatic N) is 1. The van der Waals surface area contributed by atoms with E-state index < -0.39 is 5.82 Å². The molecule has 6 heteroatoms. The van der Waals surface area contributed by atoms with Crippen LogP contribution in [-0.2, 0) is 4.79 Å². The molecule has 0 aliphatic carbocycles. The van der Waals surface area contributed by atoms with Crippen molar-refractivity contribution >= 4 is 28.8 Å². The Morgan fingerprint density at radius 2 is 2.20 bits per heavy atom. The van der Waals surface area contributed by atoms with E-state index in [2.05, 4.69) is 5.32 Å². The quantitative estimate of drug-likeness (QED) is 0.833. The van der Waals surface area contributed by atoms with Gasteiger partial charge in [-0.3, -0.25) is 9.69 Å². The molecule has 1 unspecified atom stereocenters. The molecule has 0 spiro atoms. The van der Waals surface area contributed by atoms with Crippen LogP contribution in [0.2, 0.25) is 0 Å². The highest BCUT2D eigenvalue weighted by molar-refractivity contribution is 7.80. The highest BCUT2D eigenvalue weighted by atomic mass is 32.1. The monoisotopic (exact) mass is 295 g/mol. The summed E-state index contributed by atoms with van der Waals surface area (Å²) in [5.74, 6) is -0.691. The molecule has 1 saturated heterocycles. The number of carbonyl (C=O) groups is 1. The van der Waals surface area contributed by atoms with E-state index in [0.717, 1.165) is 25.8 Å². The third-order valence-electron chi connectivity index (χ3n) is 3.44. The molecule has 4 nitrogen and oxygen atoms in total. The van der Waals surface area contributed by atoms with E-state index >= 15 is 0 Å². The number of halogens is 1. The summed E-state index contributed by atoms with van der Waals surface area (Å²) < 4.78 is 13.5. The molecule has 1 aliphatic rings. The number of nitrogens with two attached hydrogens (primary N) is 1. The van der Waals surface area contributed by atoms with Crippen LogP contribution in [0.1, 0.15) is 19.3 Å². The number of carbonyl (C=O) groups excluding carboxylic acids is 1. The van der Waals surface area contributed by atoms with E-state index in [-0.39, 0.29) is 24.2 Å². The summed E-state index contributed by atoms with van der Waals surface area (Å²) in [7, 11) is 0. The average molecular weight is 295 g/mol. The van der Waals surface area contributed by atoms with Gasteiger partial charge < -0.3 is 11.1 Å². The molecule has 0 aromatic heterocycles. The lowest BCUT2D eigenvalue weighted by molar-refractivity contribution is -0.117. The lowest BCUT2D eigenvalue weighted by atomic mass is 10.0. The molecule has 108 valence electrons. The van der Waals surface area contributed by atoms with Gasteiger partial charge in [0.05, 0.1) is 23.3 Å². The molecule has 0 saturated carbocycles. The predicted octanol–water partition coefficient (Wildman–Crippen LogP) is 1.90. The van der Waals surface area contributed by atoms with Crippen molar-refractivity contribution < 1.29 is 9.18 Å². The number of likely N-dealkylation sites (tertiary alicyclic amines) is 1. The zero-order chi connectivity index (χ0) is 14.5. The van der Waals surface area contributed by atoms with Gasteiger partial charge in [-0.1, -0.05) is 30.8 Å². The Bertz CT molecular complexity index is 509. The van der Waals surface area contributed by atoms with Gasteiger partial charge in [0.2, 0.25) is 5.91 Å². The van der Waals surface area contributed by atoms with Crippen molar-refractivity contribution in [3.63, 3.8) is 0 Å². The molecular weight excluding hydrogens is 277 g/mol. The normalized spacial score (nSPS) is 19.6. The highest BCUT2D eigenvalue weighted by Crippen LogP contribution is 2.18. The van der Waals surface area contributed by atoms with Crippen LogP contribution >= 0.6 is 12.2 Å². The number of amides is 1. The molecule has 1 aromatic carbocycles. The van der Waals surface area contributed by atoms with E-state index in [0.29, 0.717) is 4.99 Å². The van der Waals surface area contributed by atoms with Gasteiger partial charge in [0.25, 0.3) is 0 Å². The van der Waals surface area contributed by atoms with Crippen molar-refractivity contribution in [2.24, 2.45) is 5.73 Å². The minimum Gasteiger partial charge on any atom is -0.392 e. The lowest BCUT2D eigenvalue weighted by Crippen LogP contribution is -2.49. The number of benzene rings is 1. The topological polar surface area (TPSA) is 58.4 Å². The van der Waals surface area contributed by atoms with Gasteiger partial charge in [0.1, 0.15) is 5.82 Å². The van der Waals surface area contributed by atoms with Crippen LogP contribution in [0.3, 0.4) is 0 Å². The van der Waals surface area contributed by atoms with E-state index in [1.165, 1.54) is 12.1 Å². The molecule has 1 aliphatic heterocycles. The minimum absolute atomic E-state index is 0.0369. The summed E-state index contributed by atoms with van der Waals surface area (Å²) in [6, 6.07) is 6.07. The Morgan fingerprint density at radius 1 is 1.45 bits per heavy atom. The maximum Gasteiger partial charge on any atom is 0.238 e. The first-order chi connectivity index (χ1) is 9.58. The first kappa shape index (κ1) is 14.9. The van der Waals surface area contributed by atoms with E-state index in [1.807, 2.05) is 4.90 Å². The standard InChI is InChI=1S/C14H18FN3OS/c15-10-5-1-2-6-11(10)17-13(19)9-18-8-4-3-7-12(18)14(16)20/h1-2,5-6,12H,3-4,7-9H2,(H2,16,20)(H,17,19). The summed E-state index contributed by atoms with van der Waals surface area (Å²) in [5.41, 5.74) is 5.90. The molecule has 0 radical (unpaired) electrons. The lowest BCUT2D eigenvalue weighted by Gasteiger charge is -2.34. The maximum absolute atomic E-state index is 13.5. The predicted molar refractivity (Wildman–Crippen MR) is 81.0 cm³/mol. The number of para-hydroxylation sites is 1. The average Bonchev–Trinajstić information content (AvgIpc) is 2.41. The molecule has 1 heterocycles. The zero-order valence-corrected chi connectivity index (χ0v) is 12.0. The fourth-order valence-corrected chi connectivity index (χ4v) is 2.71. The first-order valence-electron chi connectivity index (χ1n) is 6.65. The van der Waals surface area contributed by atoms with Crippen LogP contribution in [0, 0.1) is 5.82 Å². The molecule has 0 bridgehead atoms. The van der Waals surface area contributed by atoms with Gasteiger partial charge in [-0.2, -0.15) is 0 Å². The maximum atomic E-state index is 13.5. The number of piperidine rings is 1. The SMILES string of the molecule is NC(=S)C1CCCCN1CC(=O)Nc1ccccc1F. The number of nitrogens with one attached hydrogen (secondary N) is 1. The zero-order valence-electron chi connectivity index (χ0n) is 11.1. The highest BCUT2D eigenvalue weighted by Gasteiger charge is 2.26. The van der Waals surface area contributed by atoms with Crippen LogP contribution in [0.25, 0.3) is 0 Å². The van der Waals surface area contributed by atoms with Gasteiger partial charge >= 0.3 is 0 Å². The number of thiocarbonyl (C=S) groups is 1. The van der Waals surface area contributed by atoms with Crippen molar-refractivity contribution in [1.29, 1.82) is 0 Å². The van der Waals surface area contributed by atoms with Gasteiger partial charge in [0.15, 0.2) is 0 Å². The van der Waals surface area contributed by atoms with Crippen LogP contribution in [0.4, 0.5) is 10.1 Å². The van der Waals surface area contributed by atoms with E-state index in [4.69, 9.17) is 18.0 Å². The first-order valence-corrected chi connectivity index (χ1v) is 7.06. The summed E-state index contributed by atoms with van der Waals surface area (Å²) in [6.45, 7) is 0.961. The van der Waals surface area contributed by atoms with E-state index in [1.54, 1.807) is 12.1 Å². The molecule has 20 heavy (non-hydrogen) atoms. The fraction of sp³-hybridized carbons (Fsp3) is 0.429. The second-order valence-corrected chi connectivity index (χ2v) is 5.38. The number of anilines is 1. The van der Waals surface area contributed by atoms with Crippen LogP contribution in [-0.4, -0.2) is 34.9 Å². The summed E-state index contributed by atoms with van der Waals surface area (Å²) in [6.07, 6.45) is 2.96. The van der Waals surface area contributed by atoms with Crippen LogP contribution in [0.15, 0.2) is 24.3 Å². The van der Waals surface area contributed by atoms with Crippen LogP contribution < -0.4 is 11.1 Å². The summed E-state index contributed by atoms with van der Waals surface area (Å²) in [5, 5.41) is 2.58. The van der Waals surface area contributed by atoms with Gasteiger partial charge in [-0.15, -0.1) is 0 Å². The van der Waals surface area contributed by atoms with Crippen molar-refractivity contribution in [3.05, 3.63) is 30.1 Å². The van der Waals surface area contributed by atoms with E-state index in [9.17, 15) is 9.18 Å². The second kappa shape index (κ2) is 6.76. The second-order valence-electron chi connectivity index (χ2n) is 4.91. The minimum atomic E-state index is -0.439. The molecular formula is C14H18FN3OS.